The van der Waals surface area contributed by atoms with E-state index in [-0.39, 0.29) is 18.0 Å². The monoisotopic (exact) mass is 140 g/mol. The second kappa shape index (κ2) is 3.40. The summed E-state index contributed by atoms with van der Waals surface area (Å²) in [4.78, 5) is 0. The van der Waals surface area contributed by atoms with E-state index >= 15 is 0 Å². The number of rotatable bonds is 2. The molecule has 56 valence electrons. The first kappa shape index (κ1) is 8.09. The molecule has 0 heterocycles. The molecule has 1 aliphatic rings. The Kier molecular flexibility index (Phi) is 2.75. The molecule has 0 amide bonds. The highest BCUT2D eigenvalue weighted by Gasteiger charge is 2.29. The second-order valence-electron chi connectivity index (χ2n) is 2.78. The summed E-state index contributed by atoms with van der Waals surface area (Å²) < 4.78 is 5.30. The fourth-order valence-corrected chi connectivity index (χ4v) is 1.37. The van der Waals surface area contributed by atoms with Gasteiger partial charge in [0.2, 0.25) is 0 Å². The molecule has 0 aromatic heterocycles. The Balaban J connectivity index is 2.27. The van der Waals surface area contributed by atoms with Crippen LogP contribution in [0.25, 0.3) is 0 Å². The number of aliphatic hydroxyl groups is 1. The zero-order valence-corrected chi connectivity index (χ0v) is 6.29. The average Bonchev–Trinajstić information content (AvgIpc) is 2.14. The fraction of sp³-hybridized carbons (Fsp3) is 1.00. The molecule has 3 heteroatoms. The molecule has 0 unspecified atom stereocenters. The van der Waals surface area contributed by atoms with E-state index in [0.717, 1.165) is 6.42 Å². The third kappa shape index (κ3) is 1.73. The first-order chi connectivity index (χ1) is 4.74. The van der Waals surface area contributed by atoms with Gasteiger partial charge in [-0.2, -0.15) is 0 Å². The lowest BCUT2D eigenvalue weighted by molar-refractivity contribution is 0.0561. The zero-order valence-electron chi connectivity index (χ0n) is 6.29. The Morgan fingerprint density at radius 3 is 2.70 bits per heavy atom. The van der Waals surface area contributed by atoms with Crippen LogP contribution >= 0.6 is 0 Å². The molecule has 1 rings (SSSR count). The maximum Gasteiger partial charge on any atom is 0.0735 e. The largest absolute Gasteiger partial charge is 0.394 e. The van der Waals surface area contributed by atoms with Gasteiger partial charge in [0.25, 0.3) is 0 Å². The molecule has 1 N–H and O–H groups in total. The predicted molar refractivity (Wildman–Crippen MR) is 40.2 cm³/mol. The summed E-state index contributed by atoms with van der Waals surface area (Å²) in [5.41, 5.74) is 0. The Labute approximate surface area is 63.0 Å². The lowest BCUT2D eigenvalue weighted by Gasteiger charge is -2.07. The maximum absolute atomic E-state index is 9.19. The number of aliphatic hydroxyl groups excluding tert-OH is 1. The number of ether oxygens (including phenoxy) is 1. The standard InChI is InChI=1S/C7H13BO2/c1-2-10-5-3-6(8)7(9)4-5/h5-7,9H,2-4H2,1H3/t5-,6+,7+/m0/s1. The van der Waals surface area contributed by atoms with E-state index in [9.17, 15) is 5.11 Å². The van der Waals surface area contributed by atoms with Gasteiger partial charge >= 0.3 is 0 Å². The molecule has 0 aromatic rings. The van der Waals surface area contributed by atoms with Gasteiger partial charge in [-0.3, -0.25) is 0 Å². The van der Waals surface area contributed by atoms with Gasteiger partial charge in [0.15, 0.2) is 0 Å². The van der Waals surface area contributed by atoms with Gasteiger partial charge < -0.3 is 9.84 Å². The smallest absolute Gasteiger partial charge is 0.0735 e. The van der Waals surface area contributed by atoms with Crippen LogP contribution < -0.4 is 0 Å². The van der Waals surface area contributed by atoms with E-state index in [0.29, 0.717) is 13.0 Å². The van der Waals surface area contributed by atoms with Crippen LogP contribution in [0, 0.1) is 0 Å². The lowest BCUT2D eigenvalue weighted by atomic mass is 9.84. The van der Waals surface area contributed by atoms with Gasteiger partial charge in [0.1, 0.15) is 0 Å². The summed E-state index contributed by atoms with van der Waals surface area (Å²) in [7, 11) is 5.57. The molecule has 0 aromatic carbocycles. The first-order valence-electron chi connectivity index (χ1n) is 3.79. The quantitative estimate of drug-likeness (QED) is 0.566. The topological polar surface area (TPSA) is 29.5 Å². The molecule has 10 heavy (non-hydrogen) atoms. The molecule has 0 aliphatic heterocycles. The summed E-state index contributed by atoms with van der Waals surface area (Å²) >= 11 is 0. The van der Waals surface area contributed by atoms with Crippen molar-refractivity contribution in [1.82, 2.24) is 0 Å². The van der Waals surface area contributed by atoms with Crippen LogP contribution in [-0.2, 0) is 4.74 Å². The van der Waals surface area contributed by atoms with Crippen molar-refractivity contribution in [3.63, 3.8) is 0 Å². The summed E-state index contributed by atoms with van der Waals surface area (Å²) in [6, 6.07) is 0. The highest BCUT2D eigenvalue weighted by molar-refractivity contribution is 6.12. The molecule has 0 spiro atoms. The van der Waals surface area contributed by atoms with Crippen molar-refractivity contribution in [2.75, 3.05) is 6.61 Å². The van der Waals surface area contributed by atoms with Gasteiger partial charge in [-0.05, 0) is 25.6 Å². The van der Waals surface area contributed by atoms with Crippen molar-refractivity contribution < 1.29 is 9.84 Å². The third-order valence-corrected chi connectivity index (χ3v) is 1.94. The van der Waals surface area contributed by atoms with E-state index in [4.69, 9.17) is 12.6 Å². The molecule has 3 atom stereocenters. The van der Waals surface area contributed by atoms with Gasteiger partial charge in [-0.1, -0.05) is 0 Å². The molecule has 1 saturated carbocycles. The van der Waals surface area contributed by atoms with Gasteiger partial charge in [-0.25, -0.2) is 0 Å². The normalized spacial score (nSPS) is 40.4. The number of hydrogen-bond donors (Lipinski definition) is 1. The molecular weight excluding hydrogens is 127 g/mol. The second-order valence-corrected chi connectivity index (χ2v) is 2.78. The molecule has 0 saturated heterocycles. The molecule has 1 fully saturated rings. The van der Waals surface area contributed by atoms with Crippen molar-refractivity contribution in [2.45, 2.75) is 37.8 Å². The minimum absolute atomic E-state index is 0.0726. The van der Waals surface area contributed by atoms with Crippen molar-refractivity contribution in [1.29, 1.82) is 0 Å². The average molecular weight is 140 g/mol. The van der Waals surface area contributed by atoms with E-state index < -0.39 is 0 Å². The van der Waals surface area contributed by atoms with Crippen molar-refractivity contribution in [3.8, 4) is 0 Å². The summed E-state index contributed by atoms with van der Waals surface area (Å²) in [6.45, 7) is 2.67. The van der Waals surface area contributed by atoms with Gasteiger partial charge in [0.05, 0.1) is 20.1 Å². The van der Waals surface area contributed by atoms with Crippen LogP contribution in [0.2, 0.25) is 5.82 Å². The van der Waals surface area contributed by atoms with E-state index in [1.165, 1.54) is 0 Å². The van der Waals surface area contributed by atoms with Crippen LogP contribution in [0.4, 0.5) is 0 Å². The van der Waals surface area contributed by atoms with Crippen LogP contribution in [0.3, 0.4) is 0 Å². The summed E-state index contributed by atoms with van der Waals surface area (Å²) in [6.07, 6.45) is 1.34. The van der Waals surface area contributed by atoms with Crippen LogP contribution in [0.1, 0.15) is 19.8 Å². The van der Waals surface area contributed by atoms with Crippen LogP contribution in [0.15, 0.2) is 0 Å². The van der Waals surface area contributed by atoms with Crippen molar-refractivity contribution in [2.24, 2.45) is 0 Å². The van der Waals surface area contributed by atoms with Gasteiger partial charge in [0, 0.05) is 6.61 Å². The molecule has 2 radical (unpaired) electrons. The lowest BCUT2D eigenvalue weighted by Crippen LogP contribution is -2.09. The van der Waals surface area contributed by atoms with Crippen molar-refractivity contribution >= 4 is 7.85 Å². The molecule has 0 bridgehead atoms. The molecule has 2 nitrogen and oxygen atoms in total. The molecule has 1 aliphatic carbocycles. The summed E-state index contributed by atoms with van der Waals surface area (Å²) in [5.74, 6) is -0.0726. The van der Waals surface area contributed by atoms with E-state index in [2.05, 4.69) is 0 Å². The summed E-state index contributed by atoms with van der Waals surface area (Å²) in [5, 5.41) is 9.19. The van der Waals surface area contributed by atoms with E-state index in [1.807, 2.05) is 6.92 Å². The highest BCUT2D eigenvalue weighted by Crippen LogP contribution is 2.30. The Morgan fingerprint density at radius 2 is 2.30 bits per heavy atom. The Hall–Kier alpha value is -0.0151. The highest BCUT2D eigenvalue weighted by atomic mass is 16.5. The Bertz CT molecular complexity index is 97.8. The fourth-order valence-electron chi connectivity index (χ4n) is 1.37. The van der Waals surface area contributed by atoms with Crippen molar-refractivity contribution in [3.05, 3.63) is 0 Å². The van der Waals surface area contributed by atoms with Gasteiger partial charge in [-0.15, -0.1) is 0 Å². The zero-order chi connectivity index (χ0) is 7.56. The maximum atomic E-state index is 9.19. The minimum atomic E-state index is -0.350. The van der Waals surface area contributed by atoms with E-state index in [1.54, 1.807) is 0 Å². The first-order valence-corrected chi connectivity index (χ1v) is 3.79. The molecular formula is C7H13BO2. The SMILES string of the molecule is [B][C@@H]1C[C@H](OCC)C[C@H]1O. The third-order valence-electron chi connectivity index (χ3n) is 1.94. The predicted octanol–water partition coefficient (Wildman–Crippen LogP) is 0.503. The number of hydrogen-bond acceptors (Lipinski definition) is 2. The minimum Gasteiger partial charge on any atom is -0.394 e. The van der Waals surface area contributed by atoms with Crippen LogP contribution in [-0.4, -0.2) is 31.8 Å². The Morgan fingerprint density at radius 1 is 1.60 bits per heavy atom. The van der Waals surface area contributed by atoms with Crippen LogP contribution in [0.5, 0.6) is 0 Å².